The predicted octanol–water partition coefficient (Wildman–Crippen LogP) is 0.601. The maximum Gasteiger partial charge on any atom is 0.308 e. The van der Waals surface area contributed by atoms with E-state index in [1.54, 1.807) is 12.1 Å². The number of anilines is 1. The molecule has 0 bridgehead atoms. The Kier molecular flexibility index (Phi) is 3.45. The Hall–Kier alpha value is -2.11. The maximum absolute atomic E-state index is 12.2. The summed E-state index contributed by atoms with van der Waals surface area (Å²) in [5.74, 6) is -1.65. The van der Waals surface area contributed by atoms with E-state index in [0.29, 0.717) is 25.1 Å². The summed E-state index contributed by atoms with van der Waals surface area (Å²) in [4.78, 5) is 28.6. The molecule has 0 spiro atoms. The molecule has 1 fully saturated rings. The molecule has 1 aliphatic rings. The van der Waals surface area contributed by atoms with E-state index < -0.39 is 11.9 Å². The second-order valence-electron chi connectivity index (χ2n) is 4.37. The van der Waals surface area contributed by atoms with Crippen molar-refractivity contribution in [3.05, 3.63) is 24.0 Å². The van der Waals surface area contributed by atoms with Gasteiger partial charge in [0.15, 0.2) is 5.69 Å². The Morgan fingerprint density at radius 1 is 1.50 bits per heavy atom. The molecule has 96 valence electrons. The molecule has 3 N–H and O–H groups in total. The van der Waals surface area contributed by atoms with Crippen LogP contribution in [0.15, 0.2) is 18.3 Å². The first-order valence-electron chi connectivity index (χ1n) is 5.82. The summed E-state index contributed by atoms with van der Waals surface area (Å²) >= 11 is 0. The highest BCUT2D eigenvalue weighted by Gasteiger charge is 2.29. The van der Waals surface area contributed by atoms with Crippen molar-refractivity contribution in [3.8, 4) is 0 Å². The summed E-state index contributed by atoms with van der Waals surface area (Å²) in [5.41, 5.74) is 6.21. The molecule has 2 heterocycles. The first kappa shape index (κ1) is 12.3. The number of nitrogen functional groups attached to an aromatic ring is 1. The van der Waals surface area contributed by atoms with Gasteiger partial charge in [0.1, 0.15) is 0 Å². The number of carboxylic acids is 1. The van der Waals surface area contributed by atoms with Gasteiger partial charge in [-0.05, 0) is 25.0 Å². The van der Waals surface area contributed by atoms with Gasteiger partial charge in [0.2, 0.25) is 0 Å². The number of aromatic nitrogens is 1. The number of nitrogens with zero attached hydrogens (tertiary/aromatic N) is 2. The normalized spacial score (nSPS) is 19.6. The van der Waals surface area contributed by atoms with Gasteiger partial charge in [-0.15, -0.1) is 0 Å². The number of hydrogen-bond donors (Lipinski definition) is 2. The number of piperidine rings is 1. The zero-order valence-electron chi connectivity index (χ0n) is 9.87. The van der Waals surface area contributed by atoms with Crippen molar-refractivity contribution in [3.63, 3.8) is 0 Å². The molecule has 18 heavy (non-hydrogen) atoms. The fourth-order valence-electron chi connectivity index (χ4n) is 2.11. The van der Waals surface area contributed by atoms with Crippen LogP contribution in [0.5, 0.6) is 0 Å². The maximum atomic E-state index is 12.2. The van der Waals surface area contributed by atoms with Crippen LogP contribution in [0, 0.1) is 5.92 Å². The molecule has 0 radical (unpaired) electrons. The minimum atomic E-state index is -0.860. The predicted molar refractivity (Wildman–Crippen MR) is 64.9 cm³/mol. The minimum absolute atomic E-state index is 0.198. The van der Waals surface area contributed by atoms with Gasteiger partial charge in [0.25, 0.3) is 5.91 Å². The van der Waals surface area contributed by atoms with Crippen molar-refractivity contribution in [2.75, 3.05) is 18.8 Å². The molecule has 0 saturated carbocycles. The summed E-state index contributed by atoms with van der Waals surface area (Å²) in [6, 6.07) is 3.27. The Morgan fingerprint density at radius 3 is 2.94 bits per heavy atom. The Bertz CT molecular complexity index is 475. The van der Waals surface area contributed by atoms with E-state index in [1.165, 1.54) is 11.1 Å². The second-order valence-corrected chi connectivity index (χ2v) is 4.37. The molecular formula is C12H15N3O3. The number of carbonyl (C=O) groups excluding carboxylic acids is 1. The molecule has 1 aromatic rings. The largest absolute Gasteiger partial charge is 0.481 e. The fraction of sp³-hybridized carbons (Fsp3) is 0.417. The summed E-state index contributed by atoms with van der Waals surface area (Å²) in [7, 11) is 0. The third-order valence-electron chi connectivity index (χ3n) is 3.10. The Balaban J connectivity index is 2.14. The number of nitrogens with two attached hydrogens (primary N) is 1. The molecule has 1 atom stereocenters. The van der Waals surface area contributed by atoms with E-state index in [4.69, 9.17) is 10.8 Å². The molecule has 0 unspecified atom stereocenters. The first-order chi connectivity index (χ1) is 8.59. The van der Waals surface area contributed by atoms with E-state index in [0.717, 1.165) is 0 Å². The van der Waals surface area contributed by atoms with Crippen molar-refractivity contribution in [2.45, 2.75) is 12.8 Å². The SMILES string of the molecule is Nc1cccnc1C(=O)N1CCC[C@H](C(=O)O)C1. The molecule has 1 aliphatic heterocycles. The minimum Gasteiger partial charge on any atom is -0.481 e. The lowest BCUT2D eigenvalue weighted by Gasteiger charge is -2.30. The topological polar surface area (TPSA) is 96.5 Å². The average Bonchev–Trinajstić information content (AvgIpc) is 2.38. The van der Waals surface area contributed by atoms with Gasteiger partial charge in [-0.3, -0.25) is 9.59 Å². The van der Waals surface area contributed by atoms with Gasteiger partial charge in [0.05, 0.1) is 11.6 Å². The molecular weight excluding hydrogens is 234 g/mol. The number of carboxylic acid groups (broad SMARTS) is 1. The molecule has 0 aliphatic carbocycles. The van der Waals surface area contributed by atoms with Crippen LogP contribution in [0.2, 0.25) is 0 Å². The van der Waals surface area contributed by atoms with Gasteiger partial charge in [0, 0.05) is 19.3 Å². The van der Waals surface area contributed by atoms with E-state index in [9.17, 15) is 9.59 Å². The highest BCUT2D eigenvalue weighted by Crippen LogP contribution is 2.19. The summed E-state index contributed by atoms with van der Waals surface area (Å²) < 4.78 is 0. The molecule has 6 nitrogen and oxygen atoms in total. The van der Waals surface area contributed by atoms with Crippen molar-refractivity contribution in [2.24, 2.45) is 5.92 Å². The number of hydrogen-bond acceptors (Lipinski definition) is 4. The second kappa shape index (κ2) is 5.03. The molecule has 1 aromatic heterocycles. The third kappa shape index (κ3) is 2.42. The highest BCUT2D eigenvalue weighted by molar-refractivity contribution is 5.97. The molecule has 6 heteroatoms. The van der Waals surface area contributed by atoms with Gasteiger partial charge in [-0.25, -0.2) is 4.98 Å². The summed E-state index contributed by atoms with van der Waals surface area (Å²) in [6.07, 6.45) is 2.80. The fourth-order valence-corrected chi connectivity index (χ4v) is 2.11. The third-order valence-corrected chi connectivity index (χ3v) is 3.10. The number of likely N-dealkylation sites (tertiary alicyclic amines) is 1. The lowest BCUT2D eigenvalue weighted by Crippen LogP contribution is -2.42. The van der Waals surface area contributed by atoms with Crippen molar-refractivity contribution >= 4 is 17.6 Å². The Morgan fingerprint density at radius 2 is 2.28 bits per heavy atom. The molecule has 1 saturated heterocycles. The summed E-state index contributed by atoms with van der Waals surface area (Å²) in [5, 5.41) is 8.98. The Labute approximate surface area is 104 Å². The van der Waals surface area contributed by atoms with E-state index in [1.807, 2.05) is 0 Å². The average molecular weight is 249 g/mol. The van der Waals surface area contributed by atoms with E-state index in [-0.39, 0.29) is 18.1 Å². The van der Waals surface area contributed by atoms with Gasteiger partial charge in [-0.1, -0.05) is 0 Å². The number of pyridine rings is 1. The summed E-state index contributed by atoms with van der Waals surface area (Å²) in [6.45, 7) is 0.781. The van der Waals surface area contributed by atoms with Crippen LogP contribution >= 0.6 is 0 Å². The monoisotopic (exact) mass is 249 g/mol. The zero-order valence-corrected chi connectivity index (χ0v) is 9.87. The van der Waals surface area contributed by atoms with Gasteiger partial charge < -0.3 is 15.7 Å². The van der Waals surface area contributed by atoms with Crippen LogP contribution in [-0.2, 0) is 4.79 Å². The highest BCUT2D eigenvalue weighted by atomic mass is 16.4. The number of aliphatic carboxylic acids is 1. The zero-order chi connectivity index (χ0) is 13.1. The quantitative estimate of drug-likeness (QED) is 0.800. The van der Waals surface area contributed by atoms with Crippen molar-refractivity contribution < 1.29 is 14.7 Å². The molecule has 0 aromatic carbocycles. The molecule has 2 rings (SSSR count). The van der Waals surface area contributed by atoms with Crippen LogP contribution in [0.4, 0.5) is 5.69 Å². The van der Waals surface area contributed by atoms with E-state index in [2.05, 4.69) is 4.98 Å². The number of rotatable bonds is 2. The van der Waals surface area contributed by atoms with Crippen LogP contribution in [-0.4, -0.2) is 40.0 Å². The number of carbonyl (C=O) groups is 2. The van der Waals surface area contributed by atoms with Crippen LogP contribution in [0.3, 0.4) is 0 Å². The molecule has 1 amide bonds. The smallest absolute Gasteiger partial charge is 0.308 e. The standard InChI is InChI=1S/C12H15N3O3/c13-9-4-1-5-14-10(9)11(16)15-6-2-3-8(7-15)12(17)18/h1,4-5,8H,2-3,6-7,13H2,(H,17,18)/t8-/m0/s1. The van der Waals surface area contributed by atoms with Crippen molar-refractivity contribution in [1.29, 1.82) is 0 Å². The van der Waals surface area contributed by atoms with Crippen molar-refractivity contribution in [1.82, 2.24) is 9.88 Å². The lowest BCUT2D eigenvalue weighted by molar-refractivity contribution is -0.143. The van der Waals surface area contributed by atoms with Crippen LogP contribution in [0.25, 0.3) is 0 Å². The van der Waals surface area contributed by atoms with Gasteiger partial charge in [-0.2, -0.15) is 0 Å². The first-order valence-corrected chi connectivity index (χ1v) is 5.82. The number of amides is 1. The van der Waals surface area contributed by atoms with E-state index >= 15 is 0 Å². The van der Waals surface area contributed by atoms with Crippen LogP contribution in [0.1, 0.15) is 23.3 Å². The van der Waals surface area contributed by atoms with Crippen LogP contribution < -0.4 is 5.73 Å². The lowest BCUT2D eigenvalue weighted by atomic mass is 9.98. The van der Waals surface area contributed by atoms with Gasteiger partial charge >= 0.3 is 5.97 Å².